The number of carbonyl (C=O) groups excluding carboxylic acids is 2. The molecule has 2 aromatic carbocycles. The molecule has 1 unspecified atom stereocenters. The number of ether oxygens (including phenoxy) is 1. The normalized spacial score (nSPS) is 20.2. The van der Waals surface area contributed by atoms with E-state index < -0.39 is 17.3 Å². The fourth-order valence-corrected chi connectivity index (χ4v) is 4.16. The molecule has 0 aromatic heterocycles. The second-order valence-corrected chi connectivity index (χ2v) is 7.54. The van der Waals surface area contributed by atoms with Gasteiger partial charge in [-0.2, -0.15) is 0 Å². The molecule has 0 aliphatic carbocycles. The Labute approximate surface area is 163 Å². The fraction of sp³-hybridized carbons (Fsp3) is 0.364. The van der Waals surface area contributed by atoms with Crippen LogP contribution in [0.3, 0.4) is 0 Å². The molecular weight excluding hydrogens is 359 g/mol. The lowest BCUT2D eigenvalue weighted by Gasteiger charge is -2.46. The molecule has 0 saturated carbocycles. The lowest BCUT2D eigenvalue weighted by Crippen LogP contribution is -2.53. The summed E-state index contributed by atoms with van der Waals surface area (Å²) in [5, 5.41) is 3.00. The number of halogens is 1. The van der Waals surface area contributed by atoms with E-state index in [1.165, 1.54) is 12.1 Å². The summed E-state index contributed by atoms with van der Waals surface area (Å²) in [6.07, 6.45) is 2.00. The summed E-state index contributed by atoms with van der Waals surface area (Å²) in [6, 6.07) is 13.3. The van der Waals surface area contributed by atoms with Crippen molar-refractivity contribution in [3.8, 4) is 5.75 Å². The third kappa shape index (κ3) is 3.46. The Balaban J connectivity index is 1.59. The highest BCUT2D eigenvalue weighted by Crippen LogP contribution is 2.44. The molecule has 2 amide bonds. The minimum atomic E-state index is -0.537. The van der Waals surface area contributed by atoms with Crippen LogP contribution in [-0.4, -0.2) is 35.4 Å². The van der Waals surface area contributed by atoms with Gasteiger partial charge in [0.05, 0.1) is 11.6 Å². The molecule has 1 fully saturated rings. The topological polar surface area (TPSA) is 58.6 Å². The van der Waals surface area contributed by atoms with Crippen LogP contribution in [0.15, 0.2) is 48.5 Å². The highest BCUT2D eigenvalue weighted by molar-refractivity contribution is 5.94. The maximum Gasteiger partial charge on any atom is 0.254 e. The Morgan fingerprint density at radius 1 is 1.11 bits per heavy atom. The van der Waals surface area contributed by atoms with Crippen LogP contribution in [0.4, 0.5) is 4.39 Å². The molecule has 6 heteroatoms. The van der Waals surface area contributed by atoms with Gasteiger partial charge in [-0.25, -0.2) is 4.39 Å². The van der Waals surface area contributed by atoms with E-state index in [2.05, 4.69) is 5.32 Å². The molecule has 2 heterocycles. The number of hydrogen-bond acceptors (Lipinski definition) is 3. The summed E-state index contributed by atoms with van der Waals surface area (Å²) in [6.45, 7) is 2.84. The smallest absolute Gasteiger partial charge is 0.254 e. The lowest BCUT2D eigenvalue weighted by atomic mass is 9.80. The van der Waals surface area contributed by atoms with Crippen molar-refractivity contribution in [1.29, 1.82) is 0 Å². The fourth-order valence-electron chi connectivity index (χ4n) is 4.16. The van der Waals surface area contributed by atoms with Gasteiger partial charge in [0.25, 0.3) is 5.91 Å². The largest absolute Gasteiger partial charge is 0.487 e. The second-order valence-electron chi connectivity index (χ2n) is 7.54. The zero-order valence-corrected chi connectivity index (χ0v) is 15.8. The maximum absolute atomic E-state index is 14.0. The zero-order chi connectivity index (χ0) is 19.7. The van der Waals surface area contributed by atoms with E-state index >= 15 is 0 Å². The number of nitrogens with zero attached hydrogens (tertiary/aromatic N) is 1. The minimum absolute atomic E-state index is 0.0342. The van der Waals surface area contributed by atoms with Crippen LogP contribution in [-0.2, 0) is 4.79 Å². The number of likely N-dealkylation sites (tertiary alicyclic amines) is 1. The summed E-state index contributed by atoms with van der Waals surface area (Å²) in [5.41, 5.74) is 0.492. The molecule has 5 nitrogen and oxygen atoms in total. The predicted molar refractivity (Wildman–Crippen MR) is 103 cm³/mol. The average molecular weight is 382 g/mol. The summed E-state index contributed by atoms with van der Waals surface area (Å²) in [5.74, 6) is -0.166. The van der Waals surface area contributed by atoms with Crippen molar-refractivity contribution < 1.29 is 18.7 Å². The summed E-state index contributed by atoms with van der Waals surface area (Å²) in [4.78, 5) is 26.2. The number of para-hydroxylation sites is 1. The number of hydrogen-bond donors (Lipinski definition) is 1. The zero-order valence-electron chi connectivity index (χ0n) is 15.8. The van der Waals surface area contributed by atoms with Crippen LogP contribution in [0.2, 0.25) is 0 Å². The molecule has 0 bridgehead atoms. The van der Waals surface area contributed by atoms with Gasteiger partial charge in [0, 0.05) is 44.8 Å². The molecule has 1 N–H and O–H groups in total. The van der Waals surface area contributed by atoms with E-state index in [-0.39, 0.29) is 17.5 Å². The Bertz CT molecular complexity index is 906. The molecule has 2 aliphatic rings. The van der Waals surface area contributed by atoms with Crippen LogP contribution in [0, 0.1) is 5.82 Å². The van der Waals surface area contributed by atoms with Gasteiger partial charge in [-0.1, -0.05) is 30.3 Å². The predicted octanol–water partition coefficient (Wildman–Crippen LogP) is 3.46. The molecule has 0 radical (unpaired) electrons. The minimum Gasteiger partial charge on any atom is -0.487 e. The molecule has 4 rings (SSSR count). The molecule has 1 saturated heterocycles. The quantitative estimate of drug-likeness (QED) is 0.865. The van der Waals surface area contributed by atoms with E-state index in [0.29, 0.717) is 32.4 Å². The molecule has 146 valence electrons. The Kier molecular flexibility index (Phi) is 4.79. The van der Waals surface area contributed by atoms with Gasteiger partial charge in [0.15, 0.2) is 0 Å². The first kappa shape index (κ1) is 18.5. The van der Waals surface area contributed by atoms with E-state index in [1.807, 2.05) is 29.2 Å². The number of carbonyl (C=O) groups is 2. The standard InChI is InChI=1S/C22H23FN2O3/c1-15(26)25-12-10-22(11-13-25)14-19(17-7-3-5-9-20(17)28-22)24-21(27)16-6-2-4-8-18(16)23/h2-9,19H,10-14H2,1H3,(H,24,27). The third-order valence-electron chi connectivity index (χ3n) is 5.74. The third-order valence-corrected chi connectivity index (χ3v) is 5.74. The Morgan fingerprint density at radius 3 is 2.50 bits per heavy atom. The van der Waals surface area contributed by atoms with E-state index in [1.54, 1.807) is 19.1 Å². The molecule has 2 aliphatic heterocycles. The highest BCUT2D eigenvalue weighted by atomic mass is 19.1. The van der Waals surface area contributed by atoms with E-state index in [9.17, 15) is 14.0 Å². The van der Waals surface area contributed by atoms with Crippen LogP contribution in [0.1, 0.15) is 48.1 Å². The number of rotatable bonds is 2. The van der Waals surface area contributed by atoms with Crippen molar-refractivity contribution >= 4 is 11.8 Å². The first-order valence-electron chi connectivity index (χ1n) is 9.56. The van der Waals surface area contributed by atoms with Gasteiger partial charge in [-0.15, -0.1) is 0 Å². The van der Waals surface area contributed by atoms with Gasteiger partial charge >= 0.3 is 0 Å². The van der Waals surface area contributed by atoms with Crippen molar-refractivity contribution in [1.82, 2.24) is 10.2 Å². The van der Waals surface area contributed by atoms with Crippen LogP contribution in [0.5, 0.6) is 5.75 Å². The Morgan fingerprint density at radius 2 is 1.79 bits per heavy atom. The van der Waals surface area contributed by atoms with Crippen LogP contribution in [0.25, 0.3) is 0 Å². The van der Waals surface area contributed by atoms with Crippen LogP contribution >= 0.6 is 0 Å². The van der Waals surface area contributed by atoms with E-state index in [0.717, 1.165) is 11.3 Å². The monoisotopic (exact) mass is 382 g/mol. The highest BCUT2D eigenvalue weighted by Gasteiger charge is 2.44. The molecule has 1 spiro atoms. The SMILES string of the molecule is CC(=O)N1CCC2(CC1)CC(NC(=O)c1ccccc1F)c1ccccc1O2. The van der Waals surface area contributed by atoms with Gasteiger partial charge in [0.2, 0.25) is 5.91 Å². The van der Waals surface area contributed by atoms with Crippen molar-refractivity contribution in [2.75, 3.05) is 13.1 Å². The number of benzene rings is 2. The van der Waals surface area contributed by atoms with Gasteiger partial charge in [-0.3, -0.25) is 9.59 Å². The number of fused-ring (bicyclic) bond motifs is 1. The molecule has 28 heavy (non-hydrogen) atoms. The molecule has 1 atom stereocenters. The first-order valence-corrected chi connectivity index (χ1v) is 9.56. The number of piperidine rings is 1. The van der Waals surface area contributed by atoms with E-state index in [4.69, 9.17) is 4.74 Å². The summed E-state index contributed by atoms with van der Waals surface area (Å²) < 4.78 is 20.4. The van der Waals surface area contributed by atoms with Crippen molar-refractivity contribution in [3.63, 3.8) is 0 Å². The maximum atomic E-state index is 14.0. The van der Waals surface area contributed by atoms with Gasteiger partial charge < -0.3 is 15.0 Å². The van der Waals surface area contributed by atoms with Crippen molar-refractivity contribution in [3.05, 3.63) is 65.5 Å². The second kappa shape index (κ2) is 7.26. The molecule has 2 aromatic rings. The summed E-state index contributed by atoms with van der Waals surface area (Å²) in [7, 11) is 0. The number of nitrogens with one attached hydrogen (secondary N) is 1. The number of amides is 2. The first-order chi connectivity index (χ1) is 13.5. The van der Waals surface area contributed by atoms with Gasteiger partial charge in [-0.05, 0) is 18.2 Å². The van der Waals surface area contributed by atoms with Crippen LogP contribution < -0.4 is 10.1 Å². The van der Waals surface area contributed by atoms with Gasteiger partial charge in [0.1, 0.15) is 17.2 Å². The van der Waals surface area contributed by atoms with Crippen molar-refractivity contribution in [2.45, 2.75) is 37.8 Å². The molecular formula is C22H23FN2O3. The average Bonchev–Trinajstić information content (AvgIpc) is 2.68. The van der Waals surface area contributed by atoms with Crippen molar-refractivity contribution in [2.24, 2.45) is 0 Å². The Hall–Kier alpha value is -2.89. The lowest BCUT2D eigenvalue weighted by molar-refractivity contribution is -0.132. The summed E-state index contributed by atoms with van der Waals surface area (Å²) >= 11 is 0.